The number of benzene rings is 1. The topological polar surface area (TPSA) is 66.4 Å². The minimum absolute atomic E-state index is 0.128. The Bertz CT molecular complexity index is 483. The van der Waals surface area contributed by atoms with E-state index in [1.807, 2.05) is 0 Å². The summed E-state index contributed by atoms with van der Waals surface area (Å²) in [5.41, 5.74) is 0.852. The molecule has 0 aliphatic carbocycles. The number of fused-ring (bicyclic) bond motifs is 1. The number of ether oxygens (including phenoxy) is 5. The van der Waals surface area contributed by atoms with Crippen molar-refractivity contribution < 1.29 is 28.8 Å². The van der Waals surface area contributed by atoms with E-state index < -0.39 is 6.29 Å². The fourth-order valence-corrected chi connectivity index (χ4v) is 2.71. The third-order valence-corrected chi connectivity index (χ3v) is 3.60. The minimum Gasteiger partial charge on any atom is -0.496 e. The molecule has 1 aromatic carbocycles. The maximum atomic E-state index is 9.90. The summed E-state index contributed by atoms with van der Waals surface area (Å²) < 4.78 is 27.3. The highest BCUT2D eigenvalue weighted by atomic mass is 16.7. The first-order chi connectivity index (χ1) is 9.72. The second kappa shape index (κ2) is 5.47. The van der Waals surface area contributed by atoms with E-state index in [9.17, 15) is 5.11 Å². The van der Waals surface area contributed by atoms with E-state index >= 15 is 0 Å². The molecular weight excluding hydrogens is 264 g/mol. The van der Waals surface area contributed by atoms with Crippen LogP contribution in [0.15, 0.2) is 12.1 Å². The van der Waals surface area contributed by atoms with Crippen molar-refractivity contribution >= 4 is 0 Å². The lowest BCUT2D eigenvalue weighted by atomic mass is 9.90. The van der Waals surface area contributed by atoms with Gasteiger partial charge in [-0.05, 0) is 0 Å². The second-order valence-corrected chi connectivity index (χ2v) is 4.77. The van der Waals surface area contributed by atoms with Crippen LogP contribution in [0.1, 0.15) is 17.9 Å². The van der Waals surface area contributed by atoms with Gasteiger partial charge in [0.05, 0.1) is 27.4 Å². The Morgan fingerprint density at radius 2 is 1.90 bits per heavy atom. The highest BCUT2D eigenvalue weighted by Gasteiger charge is 2.38. The van der Waals surface area contributed by atoms with Crippen molar-refractivity contribution in [3.8, 4) is 17.2 Å². The number of aliphatic hydroxyl groups is 1. The molecule has 2 unspecified atom stereocenters. The van der Waals surface area contributed by atoms with Crippen LogP contribution in [0.25, 0.3) is 0 Å². The van der Waals surface area contributed by atoms with Gasteiger partial charge < -0.3 is 28.8 Å². The Morgan fingerprint density at radius 3 is 2.55 bits per heavy atom. The highest BCUT2D eigenvalue weighted by Crippen LogP contribution is 2.47. The number of aliphatic hydroxyl groups excluding tert-OH is 1. The summed E-state index contributed by atoms with van der Waals surface area (Å²) in [5.74, 6) is 1.68. The Kier molecular flexibility index (Phi) is 3.69. The van der Waals surface area contributed by atoms with E-state index in [-0.39, 0.29) is 12.2 Å². The second-order valence-electron chi connectivity index (χ2n) is 4.77. The molecule has 6 heteroatoms. The summed E-state index contributed by atoms with van der Waals surface area (Å²) >= 11 is 0. The zero-order chi connectivity index (χ0) is 14.1. The van der Waals surface area contributed by atoms with Crippen LogP contribution >= 0.6 is 0 Å². The molecule has 0 aromatic heterocycles. The molecule has 0 radical (unpaired) electrons. The SMILES string of the molecule is COc1cc(OC)c2c(c1)OC(O)CC2C1OCCO1. The molecule has 0 saturated carbocycles. The fraction of sp³-hybridized carbons (Fsp3) is 0.571. The van der Waals surface area contributed by atoms with Crippen LogP contribution < -0.4 is 14.2 Å². The molecule has 1 fully saturated rings. The number of methoxy groups -OCH3 is 2. The van der Waals surface area contributed by atoms with Gasteiger partial charge in [-0.15, -0.1) is 0 Å². The molecule has 6 nitrogen and oxygen atoms in total. The van der Waals surface area contributed by atoms with Crippen molar-refractivity contribution in [2.75, 3.05) is 27.4 Å². The molecule has 20 heavy (non-hydrogen) atoms. The lowest BCUT2D eigenvalue weighted by molar-refractivity contribution is -0.105. The van der Waals surface area contributed by atoms with Crippen LogP contribution in [0.2, 0.25) is 0 Å². The Balaban J connectivity index is 2.04. The van der Waals surface area contributed by atoms with Crippen LogP contribution in [0.5, 0.6) is 17.2 Å². The first-order valence-electron chi connectivity index (χ1n) is 6.56. The molecule has 0 bridgehead atoms. The molecule has 2 aliphatic rings. The molecular formula is C14H18O6. The lowest BCUT2D eigenvalue weighted by Crippen LogP contribution is -2.32. The summed E-state index contributed by atoms with van der Waals surface area (Å²) in [7, 11) is 3.16. The van der Waals surface area contributed by atoms with Crippen molar-refractivity contribution in [2.45, 2.75) is 24.9 Å². The van der Waals surface area contributed by atoms with Crippen molar-refractivity contribution in [3.05, 3.63) is 17.7 Å². The monoisotopic (exact) mass is 282 g/mol. The summed E-state index contributed by atoms with van der Waals surface area (Å²) in [6.45, 7) is 1.12. The molecule has 1 saturated heterocycles. The standard InChI is InChI=1S/C14H18O6/c1-16-8-5-10(17-2)13-9(14-18-3-4-19-14)7-12(15)20-11(13)6-8/h5-6,9,12,14-15H,3-4,7H2,1-2H3. The predicted octanol–water partition coefficient (Wildman–Crippen LogP) is 1.26. The summed E-state index contributed by atoms with van der Waals surface area (Å²) in [6, 6.07) is 3.53. The Morgan fingerprint density at radius 1 is 1.15 bits per heavy atom. The van der Waals surface area contributed by atoms with Gasteiger partial charge in [0.25, 0.3) is 0 Å². The van der Waals surface area contributed by atoms with Gasteiger partial charge in [-0.1, -0.05) is 0 Å². The molecule has 0 amide bonds. The van der Waals surface area contributed by atoms with E-state index in [2.05, 4.69) is 0 Å². The zero-order valence-corrected chi connectivity index (χ0v) is 11.5. The molecule has 3 rings (SSSR count). The zero-order valence-electron chi connectivity index (χ0n) is 11.5. The number of hydrogen-bond acceptors (Lipinski definition) is 6. The van der Waals surface area contributed by atoms with Crippen LogP contribution in [0.4, 0.5) is 0 Å². The largest absolute Gasteiger partial charge is 0.496 e. The van der Waals surface area contributed by atoms with Gasteiger partial charge in [0.1, 0.15) is 17.2 Å². The van der Waals surface area contributed by atoms with Crippen molar-refractivity contribution in [1.29, 1.82) is 0 Å². The molecule has 1 aromatic rings. The first kappa shape index (κ1) is 13.5. The third kappa shape index (κ3) is 2.30. The van der Waals surface area contributed by atoms with Crippen LogP contribution in [-0.4, -0.2) is 45.1 Å². The van der Waals surface area contributed by atoms with Gasteiger partial charge in [0.15, 0.2) is 12.6 Å². The molecule has 2 aliphatic heterocycles. The van der Waals surface area contributed by atoms with Crippen LogP contribution in [0.3, 0.4) is 0 Å². The van der Waals surface area contributed by atoms with Gasteiger partial charge in [-0.3, -0.25) is 0 Å². The molecule has 2 atom stereocenters. The maximum absolute atomic E-state index is 9.90. The van der Waals surface area contributed by atoms with Gasteiger partial charge in [0, 0.05) is 30.0 Å². The van der Waals surface area contributed by atoms with Gasteiger partial charge in [-0.2, -0.15) is 0 Å². The van der Waals surface area contributed by atoms with Gasteiger partial charge in [0.2, 0.25) is 0 Å². The summed E-state index contributed by atoms with van der Waals surface area (Å²) in [4.78, 5) is 0. The average molecular weight is 282 g/mol. The van der Waals surface area contributed by atoms with E-state index in [4.69, 9.17) is 23.7 Å². The van der Waals surface area contributed by atoms with Gasteiger partial charge >= 0.3 is 0 Å². The predicted molar refractivity (Wildman–Crippen MR) is 69.2 cm³/mol. The Labute approximate surface area is 117 Å². The average Bonchev–Trinajstić information content (AvgIpc) is 2.98. The highest BCUT2D eigenvalue weighted by molar-refractivity contribution is 5.53. The van der Waals surface area contributed by atoms with E-state index in [0.717, 1.165) is 5.56 Å². The third-order valence-electron chi connectivity index (χ3n) is 3.60. The smallest absolute Gasteiger partial charge is 0.198 e. The normalized spacial score (nSPS) is 25.9. The van der Waals surface area contributed by atoms with E-state index in [0.29, 0.717) is 36.9 Å². The maximum Gasteiger partial charge on any atom is 0.198 e. The quantitative estimate of drug-likeness (QED) is 0.900. The van der Waals surface area contributed by atoms with Crippen molar-refractivity contribution in [2.24, 2.45) is 0 Å². The van der Waals surface area contributed by atoms with Gasteiger partial charge in [-0.25, -0.2) is 0 Å². The summed E-state index contributed by atoms with van der Waals surface area (Å²) in [5, 5.41) is 9.90. The van der Waals surface area contributed by atoms with Crippen molar-refractivity contribution in [1.82, 2.24) is 0 Å². The minimum atomic E-state index is -0.892. The molecule has 110 valence electrons. The van der Waals surface area contributed by atoms with Crippen LogP contribution in [-0.2, 0) is 9.47 Å². The first-order valence-corrected chi connectivity index (χ1v) is 6.56. The lowest BCUT2D eigenvalue weighted by Gasteiger charge is -2.33. The molecule has 2 heterocycles. The molecule has 0 spiro atoms. The number of rotatable bonds is 3. The van der Waals surface area contributed by atoms with E-state index in [1.165, 1.54) is 0 Å². The van der Waals surface area contributed by atoms with Crippen LogP contribution in [0, 0.1) is 0 Å². The van der Waals surface area contributed by atoms with E-state index in [1.54, 1.807) is 26.4 Å². The Hall–Kier alpha value is -1.50. The van der Waals surface area contributed by atoms with Crippen molar-refractivity contribution in [3.63, 3.8) is 0 Å². The number of hydrogen-bond donors (Lipinski definition) is 1. The fourth-order valence-electron chi connectivity index (χ4n) is 2.71. The summed E-state index contributed by atoms with van der Waals surface area (Å²) in [6.07, 6.45) is -0.868. The molecule has 1 N–H and O–H groups in total.